The van der Waals surface area contributed by atoms with Gasteiger partial charge in [-0.15, -0.1) is 0 Å². The second kappa shape index (κ2) is 9.46. The van der Waals surface area contributed by atoms with Crippen LogP contribution < -0.4 is 10.6 Å². The molecule has 0 radical (unpaired) electrons. The molecule has 1 fully saturated rings. The van der Waals surface area contributed by atoms with Crippen LogP contribution in [0.1, 0.15) is 43.0 Å². The first-order chi connectivity index (χ1) is 17.7. The van der Waals surface area contributed by atoms with Crippen LogP contribution in [0.4, 0.5) is 5.82 Å². The number of nitrogens with zero attached hydrogens (tertiary/aromatic N) is 3. The highest BCUT2D eigenvalue weighted by Gasteiger charge is 2.24. The van der Waals surface area contributed by atoms with E-state index in [1.54, 1.807) is 0 Å². The minimum atomic E-state index is -0.00770. The molecular formula is C30H29N5O. The van der Waals surface area contributed by atoms with Crippen molar-refractivity contribution in [1.29, 1.82) is 0 Å². The van der Waals surface area contributed by atoms with Crippen molar-refractivity contribution in [2.75, 3.05) is 11.9 Å². The van der Waals surface area contributed by atoms with Crippen molar-refractivity contribution in [1.82, 2.24) is 19.7 Å². The Morgan fingerprint density at radius 1 is 1.06 bits per heavy atom. The van der Waals surface area contributed by atoms with Gasteiger partial charge in [0.2, 0.25) is 0 Å². The third-order valence-corrected chi connectivity index (χ3v) is 6.86. The molecule has 0 bridgehead atoms. The van der Waals surface area contributed by atoms with Crippen molar-refractivity contribution in [3.63, 3.8) is 0 Å². The summed E-state index contributed by atoms with van der Waals surface area (Å²) in [5, 5.41) is 6.61. The first-order valence-electron chi connectivity index (χ1n) is 12.6. The van der Waals surface area contributed by atoms with Gasteiger partial charge < -0.3 is 10.6 Å². The molecule has 0 saturated heterocycles. The molecule has 180 valence electrons. The van der Waals surface area contributed by atoms with Gasteiger partial charge in [-0.3, -0.25) is 9.20 Å². The number of carbonyl (C=O) groups is 1. The highest BCUT2D eigenvalue weighted by atomic mass is 16.1. The number of carbonyl (C=O) groups excluding carboxylic acids is 1. The lowest BCUT2D eigenvalue weighted by atomic mass is 10.0. The zero-order valence-corrected chi connectivity index (χ0v) is 20.4. The fourth-order valence-corrected chi connectivity index (χ4v) is 4.60. The van der Waals surface area contributed by atoms with Crippen LogP contribution in [0, 0.1) is 0 Å². The summed E-state index contributed by atoms with van der Waals surface area (Å²) in [6, 6.07) is 16.2. The smallest absolute Gasteiger partial charge is 0.251 e. The van der Waals surface area contributed by atoms with E-state index in [1.165, 1.54) is 11.1 Å². The molecule has 2 heterocycles. The summed E-state index contributed by atoms with van der Waals surface area (Å²) >= 11 is 0. The molecule has 4 aromatic rings. The van der Waals surface area contributed by atoms with Crippen LogP contribution >= 0.6 is 0 Å². The number of fused-ring (bicyclic) bond motifs is 3. The summed E-state index contributed by atoms with van der Waals surface area (Å²) in [5.74, 6) is 0.748. The molecule has 2 aromatic carbocycles. The first-order valence-corrected chi connectivity index (χ1v) is 12.6. The van der Waals surface area contributed by atoms with E-state index in [2.05, 4.69) is 52.3 Å². The van der Waals surface area contributed by atoms with Gasteiger partial charge in [-0.25, -0.2) is 9.97 Å². The number of allylic oxidation sites excluding steroid dienone is 4. The van der Waals surface area contributed by atoms with E-state index in [-0.39, 0.29) is 5.91 Å². The molecule has 1 saturated carbocycles. The molecule has 0 unspecified atom stereocenters. The average Bonchev–Trinajstić information content (AvgIpc) is 3.59. The van der Waals surface area contributed by atoms with Crippen LogP contribution in [-0.4, -0.2) is 32.9 Å². The quantitative estimate of drug-likeness (QED) is 0.332. The van der Waals surface area contributed by atoms with E-state index in [4.69, 9.17) is 9.97 Å². The maximum absolute atomic E-state index is 12.4. The van der Waals surface area contributed by atoms with Gasteiger partial charge in [0.1, 0.15) is 0 Å². The summed E-state index contributed by atoms with van der Waals surface area (Å²) in [6.45, 7) is 2.87. The van der Waals surface area contributed by atoms with E-state index in [0.29, 0.717) is 18.2 Å². The maximum Gasteiger partial charge on any atom is 0.251 e. The molecule has 2 aromatic heterocycles. The van der Waals surface area contributed by atoms with E-state index in [1.807, 2.05) is 48.7 Å². The normalized spacial score (nSPS) is 18.7. The Balaban J connectivity index is 1.37. The Bertz CT molecular complexity index is 1540. The Morgan fingerprint density at radius 3 is 2.72 bits per heavy atom. The second-order valence-corrected chi connectivity index (χ2v) is 9.55. The fourth-order valence-electron chi connectivity index (χ4n) is 4.60. The third kappa shape index (κ3) is 4.42. The lowest BCUT2D eigenvalue weighted by Gasteiger charge is -2.14. The van der Waals surface area contributed by atoms with Crippen LogP contribution in [0.25, 0.3) is 27.9 Å². The van der Waals surface area contributed by atoms with Gasteiger partial charge in [0.15, 0.2) is 11.5 Å². The van der Waals surface area contributed by atoms with Gasteiger partial charge >= 0.3 is 0 Å². The highest BCUT2D eigenvalue weighted by Crippen LogP contribution is 2.29. The van der Waals surface area contributed by atoms with Gasteiger partial charge in [-0.1, -0.05) is 54.1 Å². The number of hydrogen-bond donors (Lipinski definition) is 2. The van der Waals surface area contributed by atoms with Crippen LogP contribution in [0.5, 0.6) is 0 Å². The summed E-state index contributed by atoms with van der Waals surface area (Å²) in [7, 11) is 0. The number of nitrogens with one attached hydrogen (secondary N) is 2. The molecule has 36 heavy (non-hydrogen) atoms. The molecule has 2 aliphatic rings. The minimum Gasteiger partial charge on any atom is -0.363 e. The zero-order valence-electron chi connectivity index (χ0n) is 20.4. The number of hydrogen-bond acceptors (Lipinski definition) is 4. The van der Waals surface area contributed by atoms with Crippen LogP contribution in [0.2, 0.25) is 0 Å². The number of aromatic nitrogens is 3. The Labute approximate surface area is 210 Å². The maximum atomic E-state index is 12.4. The predicted octanol–water partition coefficient (Wildman–Crippen LogP) is 6.08. The van der Waals surface area contributed by atoms with Crippen LogP contribution in [0.15, 0.2) is 90.2 Å². The largest absolute Gasteiger partial charge is 0.363 e. The number of amides is 1. The molecule has 2 N–H and O–H groups in total. The lowest BCUT2D eigenvalue weighted by Crippen LogP contribution is -2.25. The summed E-state index contributed by atoms with van der Waals surface area (Å²) in [6.07, 6.45) is 14.8. The van der Waals surface area contributed by atoms with E-state index in [0.717, 1.165) is 59.4 Å². The summed E-state index contributed by atoms with van der Waals surface area (Å²) < 4.78 is 2.15. The van der Waals surface area contributed by atoms with Gasteiger partial charge in [0.05, 0.1) is 22.9 Å². The number of imidazole rings is 1. The van der Waals surface area contributed by atoms with E-state index in [9.17, 15) is 4.79 Å². The van der Waals surface area contributed by atoms with E-state index >= 15 is 0 Å². The topological polar surface area (TPSA) is 71.3 Å². The summed E-state index contributed by atoms with van der Waals surface area (Å²) in [5.41, 5.74) is 7.95. The molecular weight excluding hydrogens is 446 g/mol. The van der Waals surface area contributed by atoms with Crippen molar-refractivity contribution in [3.8, 4) is 11.3 Å². The molecule has 0 spiro atoms. The SMILES string of the molecule is C/C1=C(\CNc2nc3ccccc3n3c(-c4ccc(C(=O)NC5CC5)cc4)cnc23)C=CC/C=C\C1. The van der Waals surface area contributed by atoms with Gasteiger partial charge in [0, 0.05) is 23.7 Å². The Hall–Kier alpha value is -4.19. The zero-order chi connectivity index (χ0) is 24.5. The molecule has 6 nitrogen and oxygen atoms in total. The number of rotatable bonds is 6. The average molecular weight is 476 g/mol. The lowest BCUT2D eigenvalue weighted by molar-refractivity contribution is 0.0951. The van der Waals surface area contributed by atoms with E-state index < -0.39 is 0 Å². The monoisotopic (exact) mass is 475 g/mol. The molecule has 6 heteroatoms. The highest BCUT2D eigenvalue weighted by molar-refractivity contribution is 5.95. The number of para-hydroxylation sites is 2. The Morgan fingerprint density at radius 2 is 1.89 bits per heavy atom. The third-order valence-electron chi connectivity index (χ3n) is 6.86. The van der Waals surface area contributed by atoms with Crippen molar-refractivity contribution in [2.45, 2.75) is 38.6 Å². The molecule has 2 aliphatic carbocycles. The van der Waals surface area contributed by atoms with Crippen LogP contribution in [0.3, 0.4) is 0 Å². The standard InChI is InChI=1S/C30H29N5O/c1-20-8-4-2-3-5-9-23(20)18-31-28-29-32-19-27(35(29)26-11-7-6-10-25(26)34-28)21-12-14-22(15-13-21)30(36)33-24-16-17-24/h2,4-7,9-15,19,24H,3,8,16-18H2,1H3,(H,31,34)(H,33,36)/b4-2-,9-5?,23-20+. The first kappa shape index (κ1) is 22.3. The van der Waals surface area contributed by atoms with Crippen molar-refractivity contribution in [3.05, 3.63) is 95.7 Å². The molecule has 6 rings (SSSR count). The van der Waals surface area contributed by atoms with Crippen LogP contribution in [-0.2, 0) is 0 Å². The molecule has 0 atom stereocenters. The van der Waals surface area contributed by atoms with Crippen molar-refractivity contribution >= 4 is 28.4 Å². The number of benzene rings is 2. The molecule has 1 amide bonds. The predicted molar refractivity (Wildman–Crippen MR) is 145 cm³/mol. The second-order valence-electron chi connectivity index (χ2n) is 9.55. The van der Waals surface area contributed by atoms with Crippen molar-refractivity contribution in [2.24, 2.45) is 0 Å². The summed E-state index contributed by atoms with van der Waals surface area (Å²) in [4.78, 5) is 22.1. The minimum absolute atomic E-state index is 0.00770. The van der Waals surface area contributed by atoms with Gasteiger partial charge in [0.25, 0.3) is 5.91 Å². The number of anilines is 1. The van der Waals surface area contributed by atoms with Gasteiger partial charge in [-0.2, -0.15) is 0 Å². The molecule has 0 aliphatic heterocycles. The van der Waals surface area contributed by atoms with Crippen molar-refractivity contribution < 1.29 is 4.79 Å². The fraction of sp³-hybridized carbons (Fsp3) is 0.233. The Kier molecular flexibility index (Phi) is 5.85. The van der Waals surface area contributed by atoms with Gasteiger partial charge in [-0.05, 0) is 62.4 Å².